The molecule has 0 aromatic heterocycles. The van der Waals surface area contributed by atoms with Gasteiger partial charge in [-0.3, -0.25) is 4.79 Å². The number of hydrogen-bond acceptors (Lipinski definition) is 3. The molecule has 72 valence electrons. The highest BCUT2D eigenvalue weighted by Crippen LogP contribution is 2.24. The maximum Gasteiger partial charge on any atom is 0.253 e. The first-order chi connectivity index (χ1) is 6.60. The number of amides is 1. The summed E-state index contributed by atoms with van der Waals surface area (Å²) in [7, 11) is 1.48. The molecule has 0 bridgehead atoms. The fraction of sp³-hybridized carbons (Fsp3) is 0.111. The third-order valence-electron chi connectivity index (χ3n) is 1.73. The molecule has 1 amide bonds. The fourth-order valence-electron chi connectivity index (χ4n) is 1.00. The summed E-state index contributed by atoms with van der Waals surface area (Å²) in [4.78, 5) is 11.3. The van der Waals surface area contributed by atoms with E-state index in [-0.39, 0.29) is 22.2 Å². The van der Waals surface area contributed by atoms with E-state index < -0.39 is 0 Å². The maximum absolute atomic E-state index is 11.3. The SMILES string of the molecule is CNC(=O)c1cc(C#N)cc(Cl)c1N. The van der Waals surface area contributed by atoms with E-state index in [9.17, 15) is 4.79 Å². The van der Waals surface area contributed by atoms with Crippen LogP contribution in [0, 0.1) is 11.3 Å². The van der Waals surface area contributed by atoms with Crippen molar-refractivity contribution >= 4 is 23.2 Å². The number of carbonyl (C=O) groups excluding carboxylic acids is 1. The Morgan fingerprint density at radius 3 is 2.79 bits per heavy atom. The Kier molecular flexibility index (Phi) is 2.95. The lowest BCUT2D eigenvalue weighted by Gasteiger charge is -2.06. The van der Waals surface area contributed by atoms with Crippen molar-refractivity contribution in [2.24, 2.45) is 0 Å². The van der Waals surface area contributed by atoms with Crippen LogP contribution < -0.4 is 11.1 Å². The number of anilines is 1. The van der Waals surface area contributed by atoms with E-state index >= 15 is 0 Å². The van der Waals surface area contributed by atoms with Crippen LogP contribution in [-0.2, 0) is 0 Å². The molecule has 1 aromatic carbocycles. The van der Waals surface area contributed by atoms with Crippen molar-refractivity contribution < 1.29 is 4.79 Å². The predicted molar refractivity (Wildman–Crippen MR) is 54.0 cm³/mol. The van der Waals surface area contributed by atoms with Gasteiger partial charge < -0.3 is 11.1 Å². The molecule has 0 fully saturated rings. The first-order valence-corrected chi connectivity index (χ1v) is 4.19. The van der Waals surface area contributed by atoms with Crippen LogP contribution in [0.2, 0.25) is 5.02 Å². The lowest BCUT2D eigenvalue weighted by atomic mass is 10.1. The third kappa shape index (κ3) is 1.78. The second-order valence-corrected chi connectivity index (χ2v) is 3.02. The van der Waals surface area contributed by atoms with Gasteiger partial charge in [0.05, 0.1) is 27.9 Å². The first kappa shape index (κ1) is 10.4. The number of halogens is 1. The Morgan fingerprint density at radius 2 is 2.29 bits per heavy atom. The Bertz CT molecular complexity index is 423. The average Bonchev–Trinajstić information content (AvgIpc) is 2.20. The summed E-state index contributed by atoms with van der Waals surface area (Å²) in [6.45, 7) is 0. The first-order valence-electron chi connectivity index (χ1n) is 3.81. The van der Waals surface area contributed by atoms with E-state index in [4.69, 9.17) is 22.6 Å². The second kappa shape index (κ2) is 3.99. The largest absolute Gasteiger partial charge is 0.397 e. The number of carbonyl (C=O) groups is 1. The zero-order valence-corrected chi connectivity index (χ0v) is 8.22. The molecule has 0 radical (unpaired) electrons. The van der Waals surface area contributed by atoms with E-state index in [1.807, 2.05) is 6.07 Å². The highest BCUT2D eigenvalue weighted by atomic mass is 35.5. The molecule has 0 saturated carbocycles. The molecule has 14 heavy (non-hydrogen) atoms. The van der Waals surface area contributed by atoms with Crippen molar-refractivity contribution in [2.45, 2.75) is 0 Å². The number of benzene rings is 1. The van der Waals surface area contributed by atoms with Crippen LogP contribution in [0.25, 0.3) is 0 Å². The summed E-state index contributed by atoms with van der Waals surface area (Å²) in [5, 5.41) is 11.3. The van der Waals surface area contributed by atoms with Crippen LogP contribution in [0.5, 0.6) is 0 Å². The lowest BCUT2D eigenvalue weighted by Crippen LogP contribution is -2.19. The summed E-state index contributed by atoms with van der Waals surface area (Å²) in [6, 6.07) is 4.72. The van der Waals surface area contributed by atoms with Gasteiger partial charge in [0.2, 0.25) is 0 Å². The monoisotopic (exact) mass is 209 g/mol. The van der Waals surface area contributed by atoms with Gasteiger partial charge >= 0.3 is 0 Å². The number of rotatable bonds is 1. The fourth-order valence-corrected chi connectivity index (χ4v) is 1.22. The van der Waals surface area contributed by atoms with Crippen LogP contribution >= 0.6 is 11.6 Å². The van der Waals surface area contributed by atoms with Gasteiger partial charge in [0, 0.05) is 7.05 Å². The predicted octanol–water partition coefficient (Wildman–Crippen LogP) is 1.15. The molecule has 0 aliphatic rings. The Hall–Kier alpha value is -1.73. The van der Waals surface area contributed by atoms with Crippen molar-refractivity contribution in [3.05, 3.63) is 28.3 Å². The van der Waals surface area contributed by atoms with Crippen LogP contribution in [0.3, 0.4) is 0 Å². The molecule has 1 aromatic rings. The van der Waals surface area contributed by atoms with Crippen molar-refractivity contribution in [3.63, 3.8) is 0 Å². The van der Waals surface area contributed by atoms with Gasteiger partial charge in [-0.15, -0.1) is 0 Å². The van der Waals surface area contributed by atoms with E-state index in [1.54, 1.807) is 0 Å². The molecule has 1 rings (SSSR count). The molecule has 0 heterocycles. The number of hydrogen-bond donors (Lipinski definition) is 2. The minimum Gasteiger partial charge on any atom is -0.397 e. The minimum absolute atomic E-state index is 0.185. The number of nitriles is 1. The number of nitrogens with zero attached hydrogens (tertiary/aromatic N) is 1. The molecule has 0 aliphatic heterocycles. The van der Waals surface area contributed by atoms with Gasteiger partial charge in [0.25, 0.3) is 5.91 Å². The standard InChI is InChI=1S/C9H8ClN3O/c1-13-9(14)6-2-5(4-11)3-7(10)8(6)12/h2-3H,12H2,1H3,(H,13,14). The third-order valence-corrected chi connectivity index (χ3v) is 2.04. The molecular formula is C9H8ClN3O. The molecule has 4 nitrogen and oxygen atoms in total. The van der Waals surface area contributed by atoms with Gasteiger partial charge in [0.1, 0.15) is 0 Å². The average molecular weight is 210 g/mol. The summed E-state index contributed by atoms with van der Waals surface area (Å²) >= 11 is 5.74. The second-order valence-electron chi connectivity index (χ2n) is 2.61. The molecule has 0 aliphatic carbocycles. The smallest absolute Gasteiger partial charge is 0.253 e. The normalized spacial score (nSPS) is 9.21. The Morgan fingerprint density at radius 1 is 1.64 bits per heavy atom. The zero-order valence-electron chi connectivity index (χ0n) is 7.47. The van der Waals surface area contributed by atoms with Crippen LogP contribution in [0.4, 0.5) is 5.69 Å². The molecule has 0 unspecified atom stereocenters. The quantitative estimate of drug-likeness (QED) is 0.681. The summed E-state index contributed by atoms with van der Waals surface area (Å²) in [5.41, 5.74) is 6.29. The maximum atomic E-state index is 11.3. The number of nitrogen functional groups attached to an aromatic ring is 1. The van der Waals surface area contributed by atoms with E-state index in [0.29, 0.717) is 5.56 Å². The van der Waals surface area contributed by atoms with Gasteiger partial charge in [-0.05, 0) is 12.1 Å². The molecule has 5 heteroatoms. The molecular weight excluding hydrogens is 202 g/mol. The van der Waals surface area contributed by atoms with Crippen molar-refractivity contribution in [2.75, 3.05) is 12.8 Å². The number of nitrogens with two attached hydrogens (primary N) is 1. The number of nitrogens with one attached hydrogen (secondary N) is 1. The Labute approximate surface area is 86.3 Å². The van der Waals surface area contributed by atoms with Crippen molar-refractivity contribution in [3.8, 4) is 6.07 Å². The minimum atomic E-state index is -0.360. The van der Waals surface area contributed by atoms with Crippen LogP contribution in [0.1, 0.15) is 15.9 Å². The highest BCUT2D eigenvalue weighted by molar-refractivity contribution is 6.34. The molecule has 0 saturated heterocycles. The van der Waals surface area contributed by atoms with Crippen LogP contribution in [0.15, 0.2) is 12.1 Å². The van der Waals surface area contributed by atoms with Crippen LogP contribution in [-0.4, -0.2) is 13.0 Å². The van der Waals surface area contributed by atoms with Crippen molar-refractivity contribution in [1.29, 1.82) is 5.26 Å². The Balaban J connectivity index is 3.36. The molecule has 3 N–H and O–H groups in total. The van der Waals surface area contributed by atoms with Gasteiger partial charge in [-0.25, -0.2) is 0 Å². The van der Waals surface area contributed by atoms with E-state index in [1.165, 1.54) is 19.2 Å². The van der Waals surface area contributed by atoms with Gasteiger partial charge in [-0.1, -0.05) is 11.6 Å². The van der Waals surface area contributed by atoms with Gasteiger partial charge in [-0.2, -0.15) is 5.26 Å². The summed E-state index contributed by atoms with van der Waals surface area (Å²) < 4.78 is 0. The van der Waals surface area contributed by atoms with Crippen molar-refractivity contribution in [1.82, 2.24) is 5.32 Å². The van der Waals surface area contributed by atoms with E-state index in [0.717, 1.165) is 0 Å². The van der Waals surface area contributed by atoms with Gasteiger partial charge in [0.15, 0.2) is 0 Å². The molecule has 0 spiro atoms. The zero-order chi connectivity index (χ0) is 10.7. The highest BCUT2D eigenvalue weighted by Gasteiger charge is 2.12. The lowest BCUT2D eigenvalue weighted by molar-refractivity contribution is 0.0964. The summed E-state index contributed by atoms with van der Waals surface area (Å²) in [6.07, 6.45) is 0. The summed E-state index contributed by atoms with van der Waals surface area (Å²) in [5.74, 6) is -0.360. The molecule has 0 atom stereocenters. The van der Waals surface area contributed by atoms with E-state index in [2.05, 4.69) is 5.32 Å². The topological polar surface area (TPSA) is 78.9 Å².